The molecule has 6 nitrogen and oxygen atoms in total. The van der Waals surface area contributed by atoms with Gasteiger partial charge in [0.1, 0.15) is 12.4 Å². The monoisotopic (exact) mass is 537 g/mol. The number of cyclic esters (lactones) is 1. The third-order valence-corrected chi connectivity index (χ3v) is 8.47. The van der Waals surface area contributed by atoms with Crippen molar-refractivity contribution in [1.29, 1.82) is 0 Å². The fourth-order valence-corrected chi connectivity index (χ4v) is 6.64. The summed E-state index contributed by atoms with van der Waals surface area (Å²) in [5.74, 6) is 0.670. The van der Waals surface area contributed by atoms with Crippen LogP contribution in [-0.2, 0) is 20.4 Å². The van der Waals surface area contributed by atoms with Gasteiger partial charge in [-0.2, -0.15) is 0 Å². The number of carbonyl (C=O) groups excluding carboxylic acids is 2. The summed E-state index contributed by atoms with van der Waals surface area (Å²) in [6, 6.07) is 17.6. The largest absolute Gasteiger partial charge is 0.493 e. The molecule has 38 heavy (non-hydrogen) atoms. The Kier molecular flexibility index (Phi) is 9.66. The summed E-state index contributed by atoms with van der Waals surface area (Å²) < 4.78 is 18.3. The first-order valence-corrected chi connectivity index (χ1v) is 17.6. The molecular weight excluding hydrogens is 494 g/mol. The van der Waals surface area contributed by atoms with Crippen LogP contribution in [0, 0.1) is 11.8 Å². The van der Waals surface area contributed by atoms with Crippen LogP contribution in [0.2, 0.25) is 19.6 Å². The third-order valence-electron chi connectivity index (χ3n) is 7.51. The molecule has 0 N–H and O–H groups in total. The Morgan fingerprint density at radius 1 is 1.05 bits per heavy atom. The van der Waals surface area contributed by atoms with Gasteiger partial charge in [-0.15, -0.1) is 0 Å². The van der Waals surface area contributed by atoms with Gasteiger partial charge in [-0.05, 0) is 74.5 Å². The third kappa shape index (κ3) is 7.47. The normalized spacial score (nSPS) is 20.2. The number of hydrogen-bond acceptors (Lipinski definition) is 5. The second-order valence-electron chi connectivity index (χ2n) is 11.7. The van der Waals surface area contributed by atoms with Crippen LogP contribution in [0.4, 0.5) is 4.79 Å². The molecule has 1 saturated carbocycles. The van der Waals surface area contributed by atoms with Gasteiger partial charge in [-0.3, -0.25) is 4.79 Å². The van der Waals surface area contributed by atoms with Gasteiger partial charge in [0, 0.05) is 0 Å². The van der Waals surface area contributed by atoms with Crippen LogP contribution in [0.15, 0.2) is 54.6 Å². The fraction of sp³-hybridized carbons (Fsp3) is 0.548. The lowest BCUT2D eigenvalue weighted by Crippen LogP contribution is -2.46. The second kappa shape index (κ2) is 12.9. The van der Waals surface area contributed by atoms with Gasteiger partial charge in [0.2, 0.25) is 5.91 Å². The first-order chi connectivity index (χ1) is 18.2. The molecule has 2 aliphatic rings. The molecule has 2 aromatic rings. The molecule has 206 valence electrons. The molecule has 7 heteroatoms. The molecule has 3 atom stereocenters. The Bertz CT molecular complexity index is 1060. The van der Waals surface area contributed by atoms with Crippen LogP contribution in [0.1, 0.15) is 62.7 Å². The van der Waals surface area contributed by atoms with E-state index in [1.807, 2.05) is 61.5 Å². The first-order valence-electron chi connectivity index (χ1n) is 14.2. The molecule has 1 heterocycles. The van der Waals surface area contributed by atoms with Gasteiger partial charge in [0.05, 0.1) is 24.7 Å². The summed E-state index contributed by atoms with van der Waals surface area (Å²) in [5.41, 5.74) is 1.99. The highest BCUT2D eigenvalue weighted by Gasteiger charge is 2.44. The van der Waals surface area contributed by atoms with E-state index in [4.69, 9.17) is 13.9 Å². The average Bonchev–Trinajstić information content (AvgIpc) is 3.27. The minimum Gasteiger partial charge on any atom is -0.493 e. The number of ether oxygens (including phenoxy) is 2. The molecule has 0 bridgehead atoms. The molecule has 0 radical (unpaired) electrons. The minimum atomic E-state index is -2.05. The summed E-state index contributed by atoms with van der Waals surface area (Å²) in [5, 5.41) is 0. The molecule has 1 aliphatic carbocycles. The quantitative estimate of drug-likeness (QED) is 0.285. The van der Waals surface area contributed by atoms with Crippen LogP contribution < -0.4 is 4.74 Å². The fourth-order valence-electron chi connectivity index (χ4n) is 5.58. The molecule has 1 unspecified atom stereocenters. The lowest BCUT2D eigenvalue weighted by molar-refractivity contribution is -0.137. The van der Waals surface area contributed by atoms with Crippen molar-refractivity contribution >= 4 is 20.3 Å². The molecular formula is C31H43NO5Si. The maximum atomic E-state index is 14.0. The maximum absolute atomic E-state index is 14.0. The lowest BCUT2D eigenvalue weighted by Gasteiger charge is -2.34. The van der Waals surface area contributed by atoms with Crippen LogP contribution in [-0.4, -0.2) is 44.5 Å². The Labute approximate surface area is 228 Å². The van der Waals surface area contributed by atoms with Crippen LogP contribution in [0.25, 0.3) is 0 Å². The van der Waals surface area contributed by atoms with Crippen LogP contribution in [0.5, 0.6) is 5.75 Å². The van der Waals surface area contributed by atoms with Crippen molar-refractivity contribution in [2.45, 2.75) is 83.7 Å². The molecule has 1 aliphatic heterocycles. The molecule has 0 aromatic heterocycles. The van der Waals surface area contributed by atoms with Crippen molar-refractivity contribution in [3.63, 3.8) is 0 Å². The summed E-state index contributed by atoms with van der Waals surface area (Å²) in [6.45, 7) is 9.30. The van der Waals surface area contributed by atoms with E-state index in [0.717, 1.165) is 23.5 Å². The van der Waals surface area contributed by atoms with E-state index in [-0.39, 0.29) is 18.6 Å². The van der Waals surface area contributed by atoms with Crippen molar-refractivity contribution in [2.75, 3.05) is 13.2 Å². The smallest absolute Gasteiger partial charge is 0.416 e. The van der Waals surface area contributed by atoms with E-state index in [0.29, 0.717) is 18.8 Å². The topological polar surface area (TPSA) is 65.1 Å². The standard InChI is InChI=1S/C31H43NO5Si/c1-5-28(30(33)32-26(22-36-31(32)34)19-23-13-8-6-9-14-23)29(37-38(2,3)4)25-17-12-18-27(20-25)35-21-24-15-10-7-11-16-24/h6,8-9,12-14,17-18,20,24,26,28-29H,5,7,10-11,15-16,19,21-22H2,1-4H3/t26?,28-,29-/m0/s1. The van der Waals surface area contributed by atoms with Crippen molar-refractivity contribution in [3.05, 3.63) is 65.7 Å². The number of imide groups is 1. The zero-order valence-corrected chi connectivity index (χ0v) is 24.4. The number of carbonyl (C=O) groups is 2. The number of rotatable bonds is 11. The Balaban J connectivity index is 1.56. The summed E-state index contributed by atoms with van der Waals surface area (Å²) in [4.78, 5) is 28.2. The van der Waals surface area contributed by atoms with Crippen molar-refractivity contribution in [2.24, 2.45) is 11.8 Å². The van der Waals surface area contributed by atoms with Crippen LogP contribution >= 0.6 is 0 Å². The molecule has 2 amide bonds. The first kappa shape index (κ1) is 28.4. The lowest BCUT2D eigenvalue weighted by atomic mass is 9.90. The van der Waals surface area contributed by atoms with E-state index in [9.17, 15) is 9.59 Å². The van der Waals surface area contributed by atoms with Gasteiger partial charge in [-0.1, -0.05) is 68.7 Å². The average molecular weight is 538 g/mol. The van der Waals surface area contributed by atoms with E-state index < -0.39 is 26.4 Å². The molecule has 0 spiro atoms. The van der Waals surface area contributed by atoms with Gasteiger partial charge >= 0.3 is 6.09 Å². The number of amides is 2. The van der Waals surface area contributed by atoms with Gasteiger partial charge in [0.25, 0.3) is 0 Å². The van der Waals surface area contributed by atoms with E-state index in [1.54, 1.807) is 0 Å². The highest BCUT2D eigenvalue weighted by Crippen LogP contribution is 2.36. The van der Waals surface area contributed by atoms with Crippen molar-refractivity contribution in [3.8, 4) is 5.75 Å². The van der Waals surface area contributed by atoms with E-state index >= 15 is 0 Å². The molecule has 1 saturated heterocycles. The van der Waals surface area contributed by atoms with Crippen LogP contribution in [0.3, 0.4) is 0 Å². The number of nitrogens with zero attached hydrogens (tertiary/aromatic N) is 1. The summed E-state index contributed by atoms with van der Waals surface area (Å²) in [6.07, 6.45) is 6.42. The Hall–Kier alpha value is -2.64. The number of benzene rings is 2. The van der Waals surface area contributed by atoms with Gasteiger partial charge in [0.15, 0.2) is 8.32 Å². The zero-order valence-electron chi connectivity index (χ0n) is 23.4. The molecule has 2 fully saturated rings. The predicted molar refractivity (Wildman–Crippen MR) is 152 cm³/mol. The molecule has 2 aromatic carbocycles. The van der Waals surface area contributed by atoms with Gasteiger partial charge < -0.3 is 13.9 Å². The summed E-state index contributed by atoms with van der Waals surface area (Å²) in [7, 11) is -2.05. The van der Waals surface area contributed by atoms with E-state index in [1.165, 1.54) is 37.0 Å². The minimum absolute atomic E-state index is 0.208. The number of hydrogen-bond donors (Lipinski definition) is 0. The second-order valence-corrected chi connectivity index (χ2v) is 16.1. The SMILES string of the molecule is CC[C@H](C(=O)N1C(=O)OCC1Cc1ccccc1)[C@@H](O[Si](C)(C)C)c1cccc(OCC2CCCCC2)c1. The zero-order chi connectivity index (χ0) is 27.1. The maximum Gasteiger partial charge on any atom is 0.416 e. The Morgan fingerprint density at radius 2 is 1.79 bits per heavy atom. The highest BCUT2D eigenvalue weighted by molar-refractivity contribution is 6.69. The molecule has 4 rings (SSSR count). The highest BCUT2D eigenvalue weighted by atomic mass is 28.4. The van der Waals surface area contributed by atoms with E-state index in [2.05, 4.69) is 19.6 Å². The van der Waals surface area contributed by atoms with Crippen molar-refractivity contribution < 1.29 is 23.5 Å². The Morgan fingerprint density at radius 3 is 2.47 bits per heavy atom. The van der Waals surface area contributed by atoms with Gasteiger partial charge in [-0.25, -0.2) is 9.69 Å². The van der Waals surface area contributed by atoms with Crippen molar-refractivity contribution in [1.82, 2.24) is 4.90 Å². The summed E-state index contributed by atoms with van der Waals surface area (Å²) >= 11 is 0. The predicted octanol–water partition coefficient (Wildman–Crippen LogP) is 7.15.